The number of nitrogens with one attached hydrogen (secondary N) is 1. The second kappa shape index (κ2) is 11.6. The molecule has 1 heterocycles. The number of methoxy groups -OCH3 is 1. The first kappa shape index (κ1) is 25.0. The van der Waals surface area contributed by atoms with Gasteiger partial charge in [0.2, 0.25) is 0 Å². The molecule has 0 aliphatic heterocycles. The summed E-state index contributed by atoms with van der Waals surface area (Å²) in [6.45, 7) is 4.63. The first-order chi connectivity index (χ1) is 16.9. The number of nitrogens with zero attached hydrogens (tertiary/aromatic N) is 1. The molecule has 184 valence electrons. The molecule has 35 heavy (non-hydrogen) atoms. The summed E-state index contributed by atoms with van der Waals surface area (Å²) >= 11 is 0. The summed E-state index contributed by atoms with van der Waals surface area (Å²) in [4.78, 5) is 29.8. The molecule has 1 N–H and O–H groups in total. The van der Waals surface area contributed by atoms with E-state index in [9.17, 15) is 9.59 Å². The van der Waals surface area contributed by atoms with E-state index in [0.717, 1.165) is 59.0 Å². The topological polar surface area (TPSA) is 77.5 Å². The van der Waals surface area contributed by atoms with E-state index in [-0.39, 0.29) is 24.5 Å². The van der Waals surface area contributed by atoms with Crippen LogP contribution < -0.4 is 5.32 Å². The molecule has 0 amide bonds. The number of ether oxygens (including phenoxy) is 2. The number of allylic oxidation sites excluding steroid dienone is 6. The van der Waals surface area contributed by atoms with E-state index in [2.05, 4.69) is 23.5 Å². The fourth-order valence-corrected chi connectivity index (χ4v) is 4.62. The van der Waals surface area contributed by atoms with Crippen LogP contribution in [0.2, 0.25) is 0 Å². The average molecular weight is 475 g/mol. The number of hydrogen-bond acceptors (Lipinski definition) is 6. The van der Waals surface area contributed by atoms with Crippen LogP contribution in [0.15, 0.2) is 54.1 Å². The number of carbonyl (C=O) groups excluding carboxylic acids is 2. The summed E-state index contributed by atoms with van der Waals surface area (Å²) in [5.74, 6) is -0.225. The highest BCUT2D eigenvalue weighted by atomic mass is 16.5. The number of ketones is 1. The van der Waals surface area contributed by atoms with E-state index in [1.807, 2.05) is 38.1 Å². The van der Waals surface area contributed by atoms with Crippen molar-refractivity contribution in [3.63, 3.8) is 0 Å². The number of fused-ring (bicyclic) bond motifs is 1. The summed E-state index contributed by atoms with van der Waals surface area (Å²) in [5.41, 5.74) is 5.48. The van der Waals surface area contributed by atoms with Crippen molar-refractivity contribution in [3.05, 3.63) is 71.0 Å². The smallest absolute Gasteiger partial charge is 0.325 e. The van der Waals surface area contributed by atoms with Gasteiger partial charge in [-0.05, 0) is 92.5 Å². The Morgan fingerprint density at radius 1 is 1.20 bits per heavy atom. The van der Waals surface area contributed by atoms with Crippen LogP contribution in [0.5, 0.6) is 0 Å². The van der Waals surface area contributed by atoms with Crippen LogP contribution in [0.1, 0.15) is 55.8 Å². The van der Waals surface area contributed by atoms with Crippen LogP contribution in [0.4, 0.5) is 0 Å². The van der Waals surface area contributed by atoms with E-state index < -0.39 is 6.04 Å². The number of carbonyl (C=O) groups is 2. The van der Waals surface area contributed by atoms with E-state index in [0.29, 0.717) is 18.5 Å². The predicted molar refractivity (Wildman–Crippen MR) is 138 cm³/mol. The SMILES string of the molecule is COC[C@H](NCc1ccc2cc(C)c(C3=C/C/C=C/C(=O)/C(C)=C\3)nc2c1)C(=O)OC1CCCC1. The molecule has 1 atom stereocenters. The van der Waals surface area contributed by atoms with Gasteiger partial charge < -0.3 is 9.47 Å². The van der Waals surface area contributed by atoms with Crippen LogP contribution in [0, 0.1) is 6.92 Å². The first-order valence-corrected chi connectivity index (χ1v) is 12.4. The monoisotopic (exact) mass is 474 g/mol. The fraction of sp³-hybridized carbons (Fsp3) is 0.414. The zero-order valence-corrected chi connectivity index (χ0v) is 20.8. The molecule has 0 unspecified atom stereocenters. The molecule has 6 nitrogen and oxygen atoms in total. The maximum Gasteiger partial charge on any atom is 0.325 e. The molecule has 1 aromatic heterocycles. The third kappa shape index (κ3) is 6.32. The molecule has 1 fully saturated rings. The van der Waals surface area contributed by atoms with Gasteiger partial charge in [-0.25, -0.2) is 4.98 Å². The summed E-state index contributed by atoms with van der Waals surface area (Å²) < 4.78 is 10.9. The van der Waals surface area contributed by atoms with Crippen LogP contribution in [0.25, 0.3) is 16.5 Å². The van der Waals surface area contributed by atoms with Gasteiger partial charge in [-0.3, -0.25) is 14.9 Å². The van der Waals surface area contributed by atoms with Gasteiger partial charge >= 0.3 is 5.97 Å². The Balaban J connectivity index is 1.53. The maximum atomic E-state index is 12.7. The van der Waals surface area contributed by atoms with Crippen molar-refractivity contribution in [2.24, 2.45) is 0 Å². The van der Waals surface area contributed by atoms with Crippen molar-refractivity contribution in [1.82, 2.24) is 10.3 Å². The zero-order valence-electron chi connectivity index (χ0n) is 20.8. The van der Waals surface area contributed by atoms with E-state index in [4.69, 9.17) is 14.5 Å². The first-order valence-electron chi connectivity index (χ1n) is 12.4. The molecular weight excluding hydrogens is 440 g/mol. The van der Waals surface area contributed by atoms with Gasteiger partial charge in [0.05, 0.1) is 17.8 Å². The van der Waals surface area contributed by atoms with Crippen LogP contribution in [0.3, 0.4) is 0 Å². The van der Waals surface area contributed by atoms with E-state index in [1.165, 1.54) is 0 Å². The van der Waals surface area contributed by atoms with Gasteiger partial charge in [-0.15, -0.1) is 0 Å². The second-order valence-corrected chi connectivity index (χ2v) is 9.40. The maximum absolute atomic E-state index is 12.7. The standard InChI is InChI=1S/C29H34N2O4/c1-19-14-23(8-4-7-11-27(19)32)28-20(2)15-22-13-12-21(16-25(22)31-28)17-30-26(18-34-3)29(33)35-24-9-5-6-10-24/h7-8,11-16,24,26,30H,4-6,9-10,17-18H2,1-3H3/b11-7+,19-14-,23-8+/t26-/m0/s1. The number of aromatic nitrogens is 1. The van der Waals surface area contributed by atoms with Gasteiger partial charge in [0.1, 0.15) is 12.1 Å². The van der Waals surface area contributed by atoms with Crippen LogP contribution in [-0.4, -0.2) is 42.6 Å². The van der Waals surface area contributed by atoms with Gasteiger partial charge in [0.15, 0.2) is 5.78 Å². The Morgan fingerprint density at radius 2 is 2.00 bits per heavy atom. The lowest BCUT2D eigenvalue weighted by Gasteiger charge is -2.20. The molecular formula is C29H34N2O4. The number of pyridine rings is 1. The highest BCUT2D eigenvalue weighted by molar-refractivity contribution is 6.05. The summed E-state index contributed by atoms with van der Waals surface area (Å²) in [7, 11) is 1.59. The summed E-state index contributed by atoms with van der Waals surface area (Å²) in [6, 6.07) is 7.75. The van der Waals surface area contributed by atoms with Gasteiger partial charge in [0.25, 0.3) is 0 Å². The van der Waals surface area contributed by atoms with Crippen molar-refractivity contribution >= 4 is 28.2 Å². The van der Waals surface area contributed by atoms with Crippen molar-refractivity contribution in [2.45, 2.75) is 64.6 Å². The third-order valence-electron chi connectivity index (χ3n) is 6.61. The normalized spacial score (nSPS) is 21.5. The Bertz CT molecular complexity index is 1190. The largest absolute Gasteiger partial charge is 0.461 e. The Morgan fingerprint density at radius 3 is 2.77 bits per heavy atom. The molecule has 6 heteroatoms. The molecule has 2 aliphatic rings. The highest BCUT2D eigenvalue weighted by Crippen LogP contribution is 2.26. The zero-order chi connectivity index (χ0) is 24.8. The minimum absolute atomic E-state index is 0.0273. The Kier molecular flexibility index (Phi) is 8.26. The number of hydrogen-bond donors (Lipinski definition) is 1. The predicted octanol–water partition coefficient (Wildman–Crippen LogP) is 4.99. The molecule has 1 aromatic carbocycles. The van der Waals surface area contributed by atoms with Gasteiger partial charge in [-0.1, -0.05) is 24.3 Å². The lowest BCUT2D eigenvalue weighted by Crippen LogP contribution is -2.42. The number of esters is 1. The second-order valence-electron chi connectivity index (χ2n) is 9.40. The van der Waals surface area contributed by atoms with Crippen LogP contribution >= 0.6 is 0 Å². The summed E-state index contributed by atoms with van der Waals surface area (Å²) in [6.07, 6.45) is 12.4. The van der Waals surface area contributed by atoms with Gasteiger partial charge in [-0.2, -0.15) is 0 Å². The Labute approximate surface area is 207 Å². The van der Waals surface area contributed by atoms with E-state index in [1.54, 1.807) is 13.2 Å². The summed E-state index contributed by atoms with van der Waals surface area (Å²) in [5, 5.41) is 4.35. The molecule has 0 bridgehead atoms. The lowest BCUT2D eigenvalue weighted by atomic mass is 9.98. The average Bonchev–Trinajstić information content (AvgIpc) is 3.35. The number of benzene rings is 1. The molecule has 0 spiro atoms. The molecule has 0 radical (unpaired) electrons. The number of rotatable bonds is 8. The third-order valence-corrected chi connectivity index (χ3v) is 6.61. The minimum Gasteiger partial charge on any atom is -0.461 e. The highest BCUT2D eigenvalue weighted by Gasteiger charge is 2.25. The molecule has 2 aromatic rings. The van der Waals surface area contributed by atoms with Crippen LogP contribution in [-0.2, 0) is 25.6 Å². The van der Waals surface area contributed by atoms with Gasteiger partial charge in [0, 0.05) is 19.0 Å². The molecule has 4 rings (SSSR count). The molecule has 0 saturated heterocycles. The minimum atomic E-state index is -0.517. The Hall–Kier alpha value is -3.09. The van der Waals surface area contributed by atoms with Crippen molar-refractivity contribution in [3.8, 4) is 0 Å². The quantitative estimate of drug-likeness (QED) is 0.543. The number of aryl methyl sites for hydroxylation is 1. The molecule has 2 aliphatic carbocycles. The lowest BCUT2D eigenvalue weighted by molar-refractivity contribution is -0.152. The van der Waals surface area contributed by atoms with E-state index >= 15 is 0 Å². The fourth-order valence-electron chi connectivity index (χ4n) is 4.62. The van der Waals surface area contributed by atoms with Crippen molar-refractivity contribution < 1.29 is 19.1 Å². The molecule has 1 saturated carbocycles. The van der Waals surface area contributed by atoms with Crippen molar-refractivity contribution in [1.29, 1.82) is 0 Å². The van der Waals surface area contributed by atoms with Crippen molar-refractivity contribution in [2.75, 3.05) is 13.7 Å².